The van der Waals surface area contributed by atoms with Crippen molar-refractivity contribution in [2.75, 3.05) is 32.8 Å². The van der Waals surface area contributed by atoms with Gasteiger partial charge in [-0.05, 0) is 18.6 Å². The number of carbonyl (C=O) groups excluding carboxylic acids is 2. The number of nitrogens with zero attached hydrogens (tertiary/aromatic N) is 1. The van der Waals surface area contributed by atoms with Gasteiger partial charge in [-0.15, -0.1) is 11.3 Å². The van der Waals surface area contributed by atoms with Gasteiger partial charge in [-0.3, -0.25) is 14.5 Å². The van der Waals surface area contributed by atoms with Gasteiger partial charge in [0.05, 0.1) is 29.0 Å². The Morgan fingerprint density at radius 3 is 3.00 bits per heavy atom. The standard InChI is InChI=1S/C14H19ClN2O3S/c1-2-5-16-14(19)10-9-20-7-6-17(10)8-11(18)12-3-4-13(15)21-12/h3-4,10H,2,5-9H2,1H3,(H,16,19). The van der Waals surface area contributed by atoms with Gasteiger partial charge in [-0.1, -0.05) is 18.5 Å². The van der Waals surface area contributed by atoms with Gasteiger partial charge in [-0.2, -0.15) is 0 Å². The van der Waals surface area contributed by atoms with Crippen LogP contribution in [-0.2, 0) is 9.53 Å². The summed E-state index contributed by atoms with van der Waals surface area (Å²) >= 11 is 7.12. The quantitative estimate of drug-likeness (QED) is 0.808. The Labute approximate surface area is 133 Å². The highest BCUT2D eigenvalue weighted by molar-refractivity contribution is 7.18. The molecule has 1 atom stereocenters. The van der Waals surface area contributed by atoms with Gasteiger partial charge in [0.15, 0.2) is 5.78 Å². The summed E-state index contributed by atoms with van der Waals surface area (Å²) < 4.78 is 5.97. The predicted octanol–water partition coefficient (Wildman–Crippen LogP) is 1.81. The van der Waals surface area contributed by atoms with Gasteiger partial charge in [0.25, 0.3) is 0 Å². The molecule has 1 unspecified atom stereocenters. The second-order valence-corrected chi connectivity index (χ2v) is 6.59. The first-order valence-corrected chi connectivity index (χ1v) is 8.19. The van der Waals surface area contributed by atoms with Crippen molar-refractivity contribution in [3.05, 3.63) is 21.3 Å². The highest BCUT2D eigenvalue weighted by Gasteiger charge is 2.30. The molecule has 1 saturated heterocycles. The molecule has 116 valence electrons. The number of hydrogen-bond acceptors (Lipinski definition) is 5. The van der Waals surface area contributed by atoms with Crippen molar-refractivity contribution >= 4 is 34.6 Å². The summed E-state index contributed by atoms with van der Waals surface area (Å²) in [6.45, 7) is 4.29. The number of halogens is 1. The van der Waals surface area contributed by atoms with Crippen LogP contribution in [0.15, 0.2) is 12.1 Å². The van der Waals surface area contributed by atoms with E-state index in [1.807, 2.05) is 11.8 Å². The van der Waals surface area contributed by atoms with Crippen LogP contribution in [0.2, 0.25) is 4.34 Å². The highest BCUT2D eigenvalue weighted by atomic mass is 35.5. The maximum Gasteiger partial charge on any atom is 0.239 e. The van der Waals surface area contributed by atoms with Crippen LogP contribution in [-0.4, -0.2) is 55.5 Å². The first-order chi connectivity index (χ1) is 10.1. The highest BCUT2D eigenvalue weighted by Crippen LogP contribution is 2.22. The minimum absolute atomic E-state index is 0.0120. The molecule has 2 rings (SSSR count). The smallest absolute Gasteiger partial charge is 0.239 e. The van der Waals surface area contributed by atoms with Crippen molar-refractivity contribution in [3.8, 4) is 0 Å². The lowest BCUT2D eigenvalue weighted by Gasteiger charge is -2.33. The molecule has 0 aliphatic carbocycles. The number of hydrogen-bond donors (Lipinski definition) is 1. The van der Waals surface area contributed by atoms with E-state index in [9.17, 15) is 9.59 Å². The van der Waals surface area contributed by atoms with Crippen LogP contribution in [0, 0.1) is 0 Å². The molecule has 1 amide bonds. The lowest BCUT2D eigenvalue weighted by molar-refractivity contribution is -0.132. The van der Waals surface area contributed by atoms with E-state index in [-0.39, 0.29) is 18.2 Å². The number of ketones is 1. The summed E-state index contributed by atoms with van der Waals surface area (Å²) in [6, 6.07) is 3.04. The van der Waals surface area contributed by atoms with E-state index >= 15 is 0 Å². The maximum atomic E-state index is 12.2. The SMILES string of the molecule is CCCNC(=O)C1COCCN1CC(=O)c1ccc(Cl)s1. The zero-order valence-electron chi connectivity index (χ0n) is 11.9. The van der Waals surface area contributed by atoms with Gasteiger partial charge in [0, 0.05) is 13.1 Å². The van der Waals surface area contributed by atoms with Crippen LogP contribution in [0.1, 0.15) is 23.0 Å². The number of carbonyl (C=O) groups is 2. The minimum Gasteiger partial charge on any atom is -0.378 e. The van der Waals surface area contributed by atoms with Crippen LogP contribution >= 0.6 is 22.9 Å². The van der Waals surface area contributed by atoms with Crippen molar-refractivity contribution in [2.24, 2.45) is 0 Å². The largest absolute Gasteiger partial charge is 0.378 e. The number of Topliss-reactive ketones (excluding diaryl/α,β-unsaturated/α-hetero) is 1. The Morgan fingerprint density at radius 1 is 1.52 bits per heavy atom. The molecule has 21 heavy (non-hydrogen) atoms. The van der Waals surface area contributed by atoms with Crippen molar-refractivity contribution in [3.63, 3.8) is 0 Å². The number of thiophene rings is 1. The molecule has 1 aliphatic heterocycles. The van der Waals surface area contributed by atoms with E-state index in [2.05, 4.69) is 5.32 Å². The summed E-state index contributed by atoms with van der Waals surface area (Å²) in [4.78, 5) is 26.9. The first-order valence-electron chi connectivity index (χ1n) is 7.00. The number of amides is 1. The number of morpholine rings is 1. The fraction of sp³-hybridized carbons (Fsp3) is 0.571. The molecule has 2 heterocycles. The zero-order chi connectivity index (χ0) is 15.2. The van der Waals surface area contributed by atoms with E-state index in [4.69, 9.17) is 16.3 Å². The van der Waals surface area contributed by atoms with Crippen LogP contribution in [0.25, 0.3) is 0 Å². The summed E-state index contributed by atoms with van der Waals surface area (Å²) in [5, 5.41) is 2.86. The molecule has 1 aliphatic rings. The Kier molecular flexibility index (Phi) is 6.17. The van der Waals surface area contributed by atoms with E-state index in [0.717, 1.165) is 6.42 Å². The third-order valence-electron chi connectivity index (χ3n) is 3.29. The molecule has 1 N–H and O–H groups in total. The molecule has 0 aromatic carbocycles. The van der Waals surface area contributed by atoms with Gasteiger partial charge in [0.1, 0.15) is 6.04 Å². The molecular weight excluding hydrogens is 312 g/mol. The van der Waals surface area contributed by atoms with E-state index in [1.54, 1.807) is 12.1 Å². The lowest BCUT2D eigenvalue weighted by atomic mass is 10.2. The third kappa shape index (κ3) is 4.51. The van der Waals surface area contributed by atoms with Crippen LogP contribution in [0.3, 0.4) is 0 Å². The van der Waals surface area contributed by atoms with Crippen molar-refractivity contribution in [2.45, 2.75) is 19.4 Å². The maximum absolute atomic E-state index is 12.2. The molecule has 0 radical (unpaired) electrons. The number of ether oxygens (including phenoxy) is 1. The van der Waals surface area contributed by atoms with Crippen molar-refractivity contribution in [1.29, 1.82) is 0 Å². The molecule has 0 spiro atoms. The average molecular weight is 331 g/mol. The Bertz CT molecular complexity index is 506. The van der Waals surface area contributed by atoms with Crippen LogP contribution < -0.4 is 5.32 Å². The number of nitrogens with one attached hydrogen (secondary N) is 1. The summed E-state index contributed by atoms with van der Waals surface area (Å²) in [5.74, 6) is -0.0874. The van der Waals surface area contributed by atoms with E-state index < -0.39 is 6.04 Å². The van der Waals surface area contributed by atoms with Crippen LogP contribution in [0.4, 0.5) is 0 Å². The van der Waals surface area contributed by atoms with E-state index in [0.29, 0.717) is 35.5 Å². The number of rotatable bonds is 6. The van der Waals surface area contributed by atoms with Gasteiger partial charge in [-0.25, -0.2) is 0 Å². The van der Waals surface area contributed by atoms with Gasteiger partial charge >= 0.3 is 0 Å². The molecule has 1 aromatic heterocycles. The average Bonchev–Trinajstić information content (AvgIpc) is 2.92. The molecule has 5 nitrogen and oxygen atoms in total. The van der Waals surface area contributed by atoms with Crippen molar-refractivity contribution in [1.82, 2.24) is 10.2 Å². The van der Waals surface area contributed by atoms with Gasteiger partial charge in [0.2, 0.25) is 5.91 Å². The molecule has 1 aromatic rings. The lowest BCUT2D eigenvalue weighted by Crippen LogP contribution is -2.55. The fourth-order valence-corrected chi connectivity index (χ4v) is 3.13. The monoisotopic (exact) mass is 330 g/mol. The molecule has 7 heteroatoms. The Balaban J connectivity index is 1.98. The second kappa shape index (κ2) is 7.89. The van der Waals surface area contributed by atoms with E-state index in [1.165, 1.54) is 11.3 Å². The summed E-state index contributed by atoms with van der Waals surface area (Å²) in [6.07, 6.45) is 0.881. The summed E-state index contributed by atoms with van der Waals surface area (Å²) in [5.41, 5.74) is 0. The molecule has 1 fully saturated rings. The first kappa shape index (κ1) is 16.4. The minimum atomic E-state index is -0.398. The zero-order valence-corrected chi connectivity index (χ0v) is 13.5. The van der Waals surface area contributed by atoms with Crippen molar-refractivity contribution < 1.29 is 14.3 Å². The second-order valence-electron chi connectivity index (χ2n) is 4.88. The normalized spacial score (nSPS) is 19.4. The Morgan fingerprint density at radius 2 is 2.33 bits per heavy atom. The Hall–Kier alpha value is -0.950. The topological polar surface area (TPSA) is 58.6 Å². The molecular formula is C14H19ClN2O3S. The van der Waals surface area contributed by atoms with Crippen LogP contribution in [0.5, 0.6) is 0 Å². The third-order valence-corrected chi connectivity index (χ3v) is 4.56. The van der Waals surface area contributed by atoms with Gasteiger partial charge < -0.3 is 10.1 Å². The molecule has 0 saturated carbocycles. The predicted molar refractivity (Wildman–Crippen MR) is 83.1 cm³/mol. The summed E-state index contributed by atoms with van der Waals surface area (Å²) in [7, 11) is 0. The molecule has 0 bridgehead atoms. The fourth-order valence-electron chi connectivity index (χ4n) is 2.16.